The van der Waals surface area contributed by atoms with Crippen LogP contribution in [0.5, 0.6) is 0 Å². The van der Waals surface area contributed by atoms with E-state index in [1.54, 1.807) is 0 Å². The van der Waals surface area contributed by atoms with E-state index in [4.69, 9.17) is 4.74 Å². The summed E-state index contributed by atoms with van der Waals surface area (Å²) in [5, 5.41) is 3.67. The Labute approximate surface area is 134 Å². The number of nitrogens with one attached hydrogen (secondary N) is 1. The normalized spacial score (nSPS) is 30.0. The van der Waals surface area contributed by atoms with Gasteiger partial charge in [-0.25, -0.2) is 4.79 Å². The quantitative estimate of drug-likeness (QED) is 0.863. The zero-order valence-electron chi connectivity index (χ0n) is 14.3. The van der Waals surface area contributed by atoms with Crippen LogP contribution in [-0.2, 0) is 4.74 Å². The van der Waals surface area contributed by atoms with Crippen molar-refractivity contribution in [1.29, 1.82) is 0 Å². The highest BCUT2D eigenvalue weighted by Gasteiger charge is 2.35. The van der Waals surface area contributed by atoms with Crippen LogP contribution in [-0.4, -0.2) is 66.3 Å². The Morgan fingerprint density at radius 2 is 1.91 bits per heavy atom. The molecular formula is C17H31N3O2. The highest BCUT2D eigenvalue weighted by atomic mass is 16.6. The van der Waals surface area contributed by atoms with Gasteiger partial charge in [-0.15, -0.1) is 0 Å². The molecule has 2 aliphatic heterocycles. The molecule has 2 heterocycles. The number of carbonyl (C=O) groups excluding carboxylic acids is 1. The number of likely N-dealkylation sites (tertiary alicyclic amines) is 2. The maximum Gasteiger partial charge on any atom is 0.410 e. The molecule has 0 aromatic heterocycles. The van der Waals surface area contributed by atoms with Gasteiger partial charge in [0.05, 0.1) is 0 Å². The number of carbonyl (C=O) groups is 1. The van der Waals surface area contributed by atoms with Gasteiger partial charge < -0.3 is 19.9 Å². The molecule has 3 fully saturated rings. The largest absolute Gasteiger partial charge is 0.444 e. The summed E-state index contributed by atoms with van der Waals surface area (Å²) in [6.07, 6.45) is 5.02. The summed E-state index contributed by atoms with van der Waals surface area (Å²) < 4.78 is 5.45. The van der Waals surface area contributed by atoms with Crippen LogP contribution in [0.2, 0.25) is 0 Å². The van der Waals surface area contributed by atoms with Gasteiger partial charge in [0.1, 0.15) is 5.60 Å². The van der Waals surface area contributed by atoms with Gasteiger partial charge in [-0.1, -0.05) is 0 Å². The molecule has 2 saturated heterocycles. The SMILES string of the molecule is CC(C)(C)OC(=O)N1CC[C@@H](NC[C@H]2CCN(C3CC3)C2)C1. The van der Waals surface area contributed by atoms with Gasteiger partial charge in [0.25, 0.3) is 0 Å². The Balaban J connectivity index is 1.35. The van der Waals surface area contributed by atoms with Crippen LogP contribution in [0.4, 0.5) is 4.79 Å². The molecule has 0 aromatic carbocycles. The van der Waals surface area contributed by atoms with E-state index in [0.29, 0.717) is 6.04 Å². The molecule has 3 aliphatic rings. The summed E-state index contributed by atoms with van der Waals surface area (Å²) in [7, 11) is 0. The van der Waals surface area contributed by atoms with E-state index in [-0.39, 0.29) is 6.09 Å². The minimum absolute atomic E-state index is 0.169. The first kappa shape index (κ1) is 16.1. The second-order valence-corrected chi connectivity index (χ2v) is 8.20. The van der Waals surface area contributed by atoms with Gasteiger partial charge in [0, 0.05) is 31.7 Å². The molecule has 0 bridgehead atoms. The smallest absolute Gasteiger partial charge is 0.410 e. The number of amides is 1. The third-order valence-corrected chi connectivity index (χ3v) is 4.92. The summed E-state index contributed by atoms with van der Waals surface area (Å²) in [6.45, 7) is 11.0. The Bertz CT molecular complexity index is 403. The van der Waals surface area contributed by atoms with E-state index < -0.39 is 5.60 Å². The van der Waals surface area contributed by atoms with E-state index in [0.717, 1.165) is 38.0 Å². The molecule has 1 amide bonds. The summed E-state index contributed by atoms with van der Waals surface area (Å²) >= 11 is 0. The molecule has 126 valence electrons. The zero-order valence-corrected chi connectivity index (χ0v) is 14.3. The first-order valence-corrected chi connectivity index (χ1v) is 8.86. The Kier molecular flexibility index (Phi) is 4.64. The molecule has 1 aliphatic carbocycles. The average Bonchev–Trinajstić information content (AvgIpc) is 2.99. The first-order chi connectivity index (χ1) is 10.4. The van der Waals surface area contributed by atoms with Gasteiger partial charge in [0.2, 0.25) is 0 Å². The summed E-state index contributed by atoms with van der Waals surface area (Å²) in [6, 6.07) is 1.33. The van der Waals surface area contributed by atoms with E-state index >= 15 is 0 Å². The van der Waals surface area contributed by atoms with Gasteiger partial charge in [-0.2, -0.15) is 0 Å². The molecule has 5 nitrogen and oxygen atoms in total. The number of hydrogen-bond donors (Lipinski definition) is 1. The van der Waals surface area contributed by atoms with Crippen LogP contribution in [0, 0.1) is 5.92 Å². The standard InChI is InChI=1S/C17H31N3O2/c1-17(2,3)22-16(21)20-9-7-14(12-20)18-10-13-6-8-19(11-13)15-4-5-15/h13-15,18H,4-12H2,1-3H3/t13-,14-/m1/s1. The van der Waals surface area contributed by atoms with Crippen LogP contribution in [0.1, 0.15) is 46.5 Å². The number of rotatable bonds is 4. The van der Waals surface area contributed by atoms with E-state index in [9.17, 15) is 4.79 Å². The van der Waals surface area contributed by atoms with Gasteiger partial charge in [-0.05, 0) is 65.5 Å². The molecule has 5 heteroatoms. The van der Waals surface area contributed by atoms with Gasteiger partial charge in [0.15, 0.2) is 0 Å². The molecule has 1 N–H and O–H groups in total. The lowest BCUT2D eigenvalue weighted by Crippen LogP contribution is -2.39. The van der Waals surface area contributed by atoms with Crippen molar-refractivity contribution in [3.63, 3.8) is 0 Å². The van der Waals surface area contributed by atoms with Crippen LogP contribution < -0.4 is 5.32 Å². The fraction of sp³-hybridized carbons (Fsp3) is 0.941. The Morgan fingerprint density at radius 1 is 1.14 bits per heavy atom. The maximum absolute atomic E-state index is 12.1. The fourth-order valence-corrected chi connectivity index (χ4v) is 3.55. The van der Waals surface area contributed by atoms with Crippen molar-refractivity contribution >= 4 is 6.09 Å². The van der Waals surface area contributed by atoms with Crippen LogP contribution in [0.3, 0.4) is 0 Å². The van der Waals surface area contributed by atoms with Gasteiger partial charge >= 0.3 is 6.09 Å². The van der Waals surface area contributed by atoms with Crippen molar-refractivity contribution < 1.29 is 9.53 Å². The average molecular weight is 309 g/mol. The van der Waals surface area contributed by atoms with E-state index in [2.05, 4.69) is 10.2 Å². The predicted octanol–water partition coefficient (Wildman–Crippen LogP) is 2.07. The van der Waals surface area contributed by atoms with Crippen LogP contribution in [0.15, 0.2) is 0 Å². The summed E-state index contributed by atoms with van der Waals surface area (Å²) in [5.74, 6) is 0.788. The zero-order chi connectivity index (χ0) is 15.7. The molecule has 0 radical (unpaired) electrons. The molecule has 0 unspecified atom stereocenters. The van der Waals surface area contributed by atoms with Crippen molar-refractivity contribution in [1.82, 2.24) is 15.1 Å². The van der Waals surface area contributed by atoms with E-state index in [1.807, 2.05) is 25.7 Å². The number of nitrogens with zero attached hydrogens (tertiary/aromatic N) is 2. The third kappa shape index (κ3) is 4.35. The van der Waals surface area contributed by atoms with Crippen LogP contribution >= 0.6 is 0 Å². The minimum Gasteiger partial charge on any atom is -0.444 e. The third-order valence-electron chi connectivity index (χ3n) is 4.92. The summed E-state index contributed by atoms with van der Waals surface area (Å²) in [4.78, 5) is 16.6. The van der Waals surface area contributed by atoms with Crippen molar-refractivity contribution in [3.8, 4) is 0 Å². The second-order valence-electron chi connectivity index (χ2n) is 8.20. The molecule has 0 spiro atoms. The predicted molar refractivity (Wildman–Crippen MR) is 86.9 cm³/mol. The van der Waals surface area contributed by atoms with Crippen molar-refractivity contribution in [2.24, 2.45) is 5.92 Å². The van der Waals surface area contributed by atoms with Crippen molar-refractivity contribution in [3.05, 3.63) is 0 Å². The highest BCUT2D eigenvalue weighted by Crippen LogP contribution is 2.31. The monoisotopic (exact) mass is 309 g/mol. The van der Waals surface area contributed by atoms with Crippen LogP contribution in [0.25, 0.3) is 0 Å². The number of hydrogen-bond acceptors (Lipinski definition) is 4. The molecule has 2 atom stereocenters. The topological polar surface area (TPSA) is 44.8 Å². The minimum atomic E-state index is -0.404. The first-order valence-electron chi connectivity index (χ1n) is 8.86. The number of ether oxygens (including phenoxy) is 1. The molecule has 0 aromatic rings. The Morgan fingerprint density at radius 3 is 2.59 bits per heavy atom. The molecule has 1 saturated carbocycles. The van der Waals surface area contributed by atoms with Gasteiger partial charge in [-0.3, -0.25) is 0 Å². The fourth-order valence-electron chi connectivity index (χ4n) is 3.55. The summed E-state index contributed by atoms with van der Waals surface area (Å²) in [5.41, 5.74) is -0.404. The molecule has 22 heavy (non-hydrogen) atoms. The molecule has 3 rings (SSSR count). The maximum atomic E-state index is 12.1. The van der Waals surface area contributed by atoms with Crippen molar-refractivity contribution in [2.75, 3.05) is 32.7 Å². The van der Waals surface area contributed by atoms with E-state index in [1.165, 1.54) is 32.4 Å². The lowest BCUT2D eigenvalue weighted by atomic mass is 10.1. The lowest BCUT2D eigenvalue weighted by Gasteiger charge is -2.24. The molecular weight excluding hydrogens is 278 g/mol. The van der Waals surface area contributed by atoms with Crippen molar-refractivity contribution in [2.45, 2.75) is 64.1 Å². The Hall–Kier alpha value is -0.810. The highest BCUT2D eigenvalue weighted by molar-refractivity contribution is 5.68. The lowest BCUT2D eigenvalue weighted by molar-refractivity contribution is 0.0291. The second kappa shape index (κ2) is 6.36.